The third-order valence-electron chi connectivity index (χ3n) is 15.6. The van der Waals surface area contributed by atoms with Crippen LogP contribution in [-0.4, -0.2) is 193 Å². The van der Waals surface area contributed by atoms with Crippen LogP contribution >= 0.6 is 0 Å². The molecule has 77 heavy (non-hydrogen) atoms. The Bertz CT molecular complexity index is 1470. The number of aliphatic hydroxyl groups is 11. The Morgan fingerprint density at radius 1 is 0.468 bits per heavy atom. The van der Waals surface area contributed by atoms with Gasteiger partial charge in [0.2, 0.25) is 5.91 Å². The van der Waals surface area contributed by atoms with Crippen LogP contribution in [-0.2, 0) is 33.2 Å². The standard InChI is InChI=1S/C58H109NO18/c1-3-5-7-9-11-13-15-17-18-19-20-21-22-24-26-28-30-32-34-36-46(63)59-41(42(62)35-33-31-29-27-25-23-16-14-12-10-8-6-4-2)39-72-56-52(69)50(67)48(65)45(76-56)40-73-57-54(71)51(68)55(44(38-61)75-57)77-58-53(70)49(66)47(64)43(37-60)74-58/h33,35,41-45,47-58,60-62,64-71H,3-32,34,36-40H2,1-2H3,(H,59,63)/b35-33+/t41-,42+,43+,44+,45+,47+,48-,49-,50-,51+,52+,53+,54+,55-,56+,57+,58+/m0/s1. The molecule has 3 aliphatic rings. The minimum absolute atomic E-state index is 0.249. The van der Waals surface area contributed by atoms with Gasteiger partial charge < -0.3 is 89.9 Å². The minimum Gasteiger partial charge on any atom is -0.394 e. The van der Waals surface area contributed by atoms with E-state index >= 15 is 0 Å². The number of carbonyl (C=O) groups excluding carboxylic acids is 1. The van der Waals surface area contributed by atoms with Crippen LogP contribution in [0.2, 0.25) is 0 Å². The highest BCUT2D eigenvalue weighted by molar-refractivity contribution is 5.76. The van der Waals surface area contributed by atoms with Gasteiger partial charge >= 0.3 is 0 Å². The molecular formula is C58H109NO18. The van der Waals surface area contributed by atoms with Crippen molar-refractivity contribution in [2.75, 3.05) is 26.4 Å². The number of hydrogen-bond acceptors (Lipinski definition) is 18. The van der Waals surface area contributed by atoms with Gasteiger partial charge in [-0.3, -0.25) is 4.79 Å². The summed E-state index contributed by atoms with van der Waals surface area (Å²) in [5, 5.41) is 119. The molecule has 0 aromatic rings. The largest absolute Gasteiger partial charge is 0.394 e. The van der Waals surface area contributed by atoms with Crippen molar-refractivity contribution in [3.05, 3.63) is 12.2 Å². The van der Waals surface area contributed by atoms with E-state index in [4.69, 9.17) is 28.4 Å². The summed E-state index contributed by atoms with van der Waals surface area (Å²) in [5.74, 6) is -0.273. The second-order valence-electron chi connectivity index (χ2n) is 22.2. The summed E-state index contributed by atoms with van der Waals surface area (Å²) < 4.78 is 34.1. The second kappa shape index (κ2) is 42.4. The lowest BCUT2D eigenvalue weighted by molar-refractivity contribution is -0.364. The molecule has 19 heteroatoms. The first-order valence-corrected chi connectivity index (χ1v) is 30.4. The predicted octanol–water partition coefficient (Wildman–Crippen LogP) is 5.38. The van der Waals surface area contributed by atoms with Crippen molar-refractivity contribution in [3.63, 3.8) is 0 Å². The third-order valence-corrected chi connectivity index (χ3v) is 15.6. The lowest BCUT2D eigenvalue weighted by Crippen LogP contribution is -2.65. The molecule has 3 rings (SSSR count). The van der Waals surface area contributed by atoms with Crippen LogP contribution in [0.4, 0.5) is 0 Å². The van der Waals surface area contributed by atoms with Crippen LogP contribution in [0.25, 0.3) is 0 Å². The fourth-order valence-corrected chi connectivity index (χ4v) is 10.4. The zero-order chi connectivity index (χ0) is 56.2. The smallest absolute Gasteiger partial charge is 0.220 e. The topological polar surface area (TPSA) is 307 Å². The highest BCUT2D eigenvalue weighted by Crippen LogP contribution is 2.31. The molecule has 0 aromatic heterocycles. The van der Waals surface area contributed by atoms with Crippen molar-refractivity contribution in [2.45, 2.75) is 324 Å². The van der Waals surface area contributed by atoms with E-state index in [0.717, 1.165) is 44.9 Å². The summed E-state index contributed by atoms with van der Waals surface area (Å²) >= 11 is 0. The third kappa shape index (κ3) is 27.0. The van der Waals surface area contributed by atoms with Crippen LogP contribution in [0.1, 0.15) is 219 Å². The molecule has 0 radical (unpaired) electrons. The lowest BCUT2D eigenvalue weighted by Gasteiger charge is -2.46. The first-order chi connectivity index (χ1) is 37.3. The van der Waals surface area contributed by atoms with Gasteiger partial charge in [0.15, 0.2) is 18.9 Å². The Morgan fingerprint density at radius 3 is 1.34 bits per heavy atom. The molecule has 1 amide bonds. The van der Waals surface area contributed by atoms with Gasteiger partial charge in [-0.05, 0) is 19.3 Å². The van der Waals surface area contributed by atoms with Crippen molar-refractivity contribution in [1.82, 2.24) is 5.32 Å². The van der Waals surface area contributed by atoms with Crippen molar-refractivity contribution < 1.29 is 89.4 Å². The summed E-state index contributed by atoms with van der Waals surface area (Å²) in [4.78, 5) is 13.3. The van der Waals surface area contributed by atoms with Crippen LogP contribution in [0.5, 0.6) is 0 Å². The van der Waals surface area contributed by atoms with Gasteiger partial charge in [0, 0.05) is 6.42 Å². The predicted molar refractivity (Wildman–Crippen MR) is 291 cm³/mol. The first-order valence-electron chi connectivity index (χ1n) is 30.4. The minimum atomic E-state index is -1.89. The molecule has 19 nitrogen and oxygen atoms in total. The van der Waals surface area contributed by atoms with Crippen molar-refractivity contribution in [1.29, 1.82) is 0 Å². The normalized spacial score (nSPS) is 30.7. The van der Waals surface area contributed by atoms with E-state index in [-0.39, 0.29) is 18.9 Å². The van der Waals surface area contributed by atoms with Gasteiger partial charge in [-0.25, -0.2) is 0 Å². The van der Waals surface area contributed by atoms with Gasteiger partial charge in [-0.15, -0.1) is 0 Å². The number of carbonyl (C=O) groups is 1. The highest BCUT2D eigenvalue weighted by Gasteiger charge is 2.52. The van der Waals surface area contributed by atoms with E-state index in [2.05, 4.69) is 19.2 Å². The molecule has 0 saturated carbocycles. The Labute approximate surface area is 461 Å². The Kier molecular flexibility index (Phi) is 38.4. The van der Waals surface area contributed by atoms with Crippen LogP contribution in [0.3, 0.4) is 0 Å². The fourth-order valence-electron chi connectivity index (χ4n) is 10.4. The van der Waals surface area contributed by atoms with E-state index < -0.39 is 124 Å². The average Bonchev–Trinajstić information content (AvgIpc) is 3.44. The van der Waals surface area contributed by atoms with Gasteiger partial charge in [0.25, 0.3) is 0 Å². The lowest BCUT2D eigenvalue weighted by atomic mass is 9.97. The molecular weight excluding hydrogens is 999 g/mol. The second-order valence-corrected chi connectivity index (χ2v) is 22.2. The van der Waals surface area contributed by atoms with Gasteiger partial charge in [-0.1, -0.05) is 206 Å². The number of nitrogens with one attached hydrogen (secondary N) is 1. The summed E-state index contributed by atoms with van der Waals surface area (Å²) in [5.41, 5.74) is 0. The summed E-state index contributed by atoms with van der Waals surface area (Å²) in [6.07, 6.45) is 15.2. The Hall–Kier alpha value is -1.47. The number of rotatable bonds is 45. The molecule has 0 bridgehead atoms. The summed E-state index contributed by atoms with van der Waals surface area (Å²) in [7, 11) is 0. The molecule has 0 aliphatic carbocycles. The zero-order valence-corrected chi connectivity index (χ0v) is 47.2. The van der Waals surface area contributed by atoms with Gasteiger partial charge in [0.05, 0.1) is 38.6 Å². The summed E-state index contributed by atoms with van der Waals surface area (Å²) in [6, 6.07) is -0.966. The SMILES string of the molecule is CCCCCCCCCCCCC/C=C/[C@@H](O)[C@H](CO[C@@H]1O[C@H](CO[C@@H]2O[C@H](CO)[C@H](O[C@H]3O[C@H](CO)[C@@H](O)[C@H](O)[C@H]3O)[C@H](O)[C@H]2O)[C@H](O)[C@H](O)[C@H]1O)NC(=O)CCCCCCCCCCCCCCCCCCCCC. The molecule has 3 heterocycles. The monoisotopic (exact) mass is 1110 g/mol. The van der Waals surface area contributed by atoms with E-state index in [1.807, 2.05) is 6.08 Å². The van der Waals surface area contributed by atoms with Crippen molar-refractivity contribution in [2.24, 2.45) is 0 Å². The number of allylic oxidation sites excluding steroid dienone is 1. The number of amides is 1. The molecule has 0 spiro atoms. The molecule has 12 N–H and O–H groups in total. The number of aliphatic hydroxyl groups excluding tert-OH is 11. The Balaban J connectivity index is 1.48. The van der Waals surface area contributed by atoms with Crippen LogP contribution in [0, 0.1) is 0 Å². The van der Waals surface area contributed by atoms with Crippen LogP contribution in [0.15, 0.2) is 12.2 Å². The fraction of sp³-hybridized carbons (Fsp3) is 0.948. The maximum Gasteiger partial charge on any atom is 0.220 e. The quantitative estimate of drug-likeness (QED) is 0.0269. The van der Waals surface area contributed by atoms with E-state index in [0.29, 0.717) is 6.42 Å². The average molecular weight is 1110 g/mol. The van der Waals surface area contributed by atoms with Gasteiger partial charge in [0.1, 0.15) is 73.2 Å². The van der Waals surface area contributed by atoms with E-state index in [1.54, 1.807) is 6.08 Å². The maximum absolute atomic E-state index is 13.3. The van der Waals surface area contributed by atoms with Crippen molar-refractivity contribution >= 4 is 5.91 Å². The highest BCUT2D eigenvalue weighted by atomic mass is 16.8. The molecule has 3 fully saturated rings. The molecule has 0 aromatic carbocycles. The van der Waals surface area contributed by atoms with Crippen LogP contribution < -0.4 is 5.32 Å². The molecule has 17 atom stereocenters. The first kappa shape index (κ1) is 69.8. The maximum atomic E-state index is 13.3. The van der Waals surface area contributed by atoms with Gasteiger partial charge in [-0.2, -0.15) is 0 Å². The van der Waals surface area contributed by atoms with E-state index in [1.165, 1.54) is 148 Å². The molecule has 3 aliphatic heterocycles. The Morgan fingerprint density at radius 2 is 0.857 bits per heavy atom. The molecule has 0 unspecified atom stereocenters. The summed E-state index contributed by atoms with van der Waals surface area (Å²) in [6.45, 7) is 1.96. The van der Waals surface area contributed by atoms with Crippen molar-refractivity contribution in [3.8, 4) is 0 Å². The van der Waals surface area contributed by atoms with E-state index in [9.17, 15) is 61.0 Å². The number of hydrogen-bond donors (Lipinski definition) is 12. The number of unbranched alkanes of at least 4 members (excludes halogenated alkanes) is 29. The number of ether oxygens (including phenoxy) is 6. The molecule has 3 saturated heterocycles. The molecule has 454 valence electrons. The zero-order valence-electron chi connectivity index (χ0n) is 47.2.